The standard InChI is InChI=1S/C20H23FN9O8PS/c21-12-10(3-31)38-19(29-6-25-13-15(29)27-20(22)28-17(13)33)14(12)39(35,40)36-4-11-8(32)1-9(37-11)7-2-23-16-18(34)24-5-26-30(7)16/h2,5-6,8-12,14,19,31-32H,1,3-4H2,(H,35,40)(H,24,26,34)(H3,22,27,28,33)/t8-,9+,10+,11+,12+,14+,19+,39?/m0/s1. The SMILES string of the molecule is Nc1nc2c(ncn2[C@@H]2O[C@H](CO)[C@@H](F)[C@H]2P(O)(=S)OC[C@H]2O[C@@H](c3cnc4c(=O)[nH]cnn34)C[C@@H]2O)c(=O)[nH]1. The molecule has 4 aromatic rings. The third kappa shape index (κ3) is 4.44. The van der Waals surface area contributed by atoms with Gasteiger partial charge in [0, 0.05) is 6.42 Å². The Balaban J connectivity index is 1.23. The van der Waals surface area contributed by atoms with Crippen LogP contribution in [0.15, 0.2) is 28.4 Å². The van der Waals surface area contributed by atoms with Crippen LogP contribution < -0.4 is 16.9 Å². The molecular weight excluding hydrogens is 576 g/mol. The molecule has 0 aliphatic carbocycles. The first-order valence-electron chi connectivity index (χ1n) is 11.9. The number of ether oxygens (including phenoxy) is 2. The fourth-order valence-corrected chi connectivity index (χ4v) is 7.42. The van der Waals surface area contributed by atoms with E-state index in [-0.39, 0.29) is 29.2 Å². The molecule has 0 radical (unpaired) electrons. The van der Waals surface area contributed by atoms with Gasteiger partial charge >= 0.3 is 0 Å². The quantitative estimate of drug-likeness (QED) is 0.129. The maximum Gasteiger partial charge on any atom is 0.294 e. The van der Waals surface area contributed by atoms with E-state index in [9.17, 15) is 24.7 Å². The van der Waals surface area contributed by atoms with Gasteiger partial charge in [0.05, 0.1) is 37.5 Å². The molecule has 0 bridgehead atoms. The van der Waals surface area contributed by atoms with Crippen molar-refractivity contribution in [1.82, 2.24) is 39.1 Å². The fraction of sp³-hybridized carbons (Fsp3) is 0.500. The van der Waals surface area contributed by atoms with Gasteiger partial charge in [-0.2, -0.15) is 10.1 Å². The Kier molecular flexibility index (Phi) is 6.78. The third-order valence-electron chi connectivity index (χ3n) is 6.88. The molecule has 2 fully saturated rings. The van der Waals surface area contributed by atoms with Gasteiger partial charge in [0.1, 0.15) is 36.5 Å². The lowest BCUT2D eigenvalue weighted by Gasteiger charge is -2.29. The molecule has 0 amide bonds. The van der Waals surface area contributed by atoms with Crippen molar-refractivity contribution in [2.75, 3.05) is 18.9 Å². The number of aromatic nitrogens is 8. The molecule has 2 saturated heterocycles. The largest absolute Gasteiger partial charge is 0.394 e. The van der Waals surface area contributed by atoms with Gasteiger partial charge < -0.3 is 39.8 Å². The van der Waals surface area contributed by atoms with Crippen LogP contribution >= 0.6 is 6.49 Å². The second-order valence-corrected chi connectivity index (χ2v) is 12.9. The predicted octanol–water partition coefficient (Wildman–Crippen LogP) is -1.76. The highest BCUT2D eigenvalue weighted by molar-refractivity contribution is 8.09. The normalized spacial score (nSPS) is 30.4. The molecule has 40 heavy (non-hydrogen) atoms. The average molecular weight is 599 g/mol. The monoisotopic (exact) mass is 599 g/mol. The van der Waals surface area contributed by atoms with Crippen molar-refractivity contribution in [2.45, 2.75) is 48.9 Å². The molecule has 1 unspecified atom stereocenters. The van der Waals surface area contributed by atoms with Gasteiger partial charge in [-0.3, -0.25) is 19.1 Å². The van der Waals surface area contributed by atoms with E-state index in [1.54, 1.807) is 0 Å². The topological polar surface area (TPSA) is 241 Å². The third-order valence-corrected chi connectivity index (χ3v) is 9.74. The summed E-state index contributed by atoms with van der Waals surface area (Å²) in [4.78, 5) is 52.2. The Morgan fingerprint density at radius 3 is 2.83 bits per heavy atom. The summed E-state index contributed by atoms with van der Waals surface area (Å²) in [6.07, 6.45) is -3.59. The molecule has 2 aliphatic rings. The molecule has 4 aromatic heterocycles. The number of H-pyrrole nitrogens is 2. The lowest BCUT2D eigenvalue weighted by molar-refractivity contribution is -0.0331. The van der Waals surface area contributed by atoms with Crippen LogP contribution in [0.25, 0.3) is 16.8 Å². The van der Waals surface area contributed by atoms with Gasteiger partial charge in [-0.1, -0.05) is 0 Å². The number of nitrogens with two attached hydrogens (primary N) is 1. The zero-order chi connectivity index (χ0) is 28.3. The number of aliphatic hydroxyl groups is 2. The summed E-state index contributed by atoms with van der Waals surface area (Å²) in [6, 6.07) is 0. The first-order chi connectivity index (χ1) is 19.1. The van der Waals surface area contributed by atoms with E-state index in [0.29, 0.717) is 5.69 Å². The minimum atomic E-state index is -4.09. The molecular formula is C20H23FN9O8PS. The summed E-state index contributed by atoms with van der Waals surface area (Å²) < 4.78 is 35.2. The van der Waals surface area contributed by atoms with Crippen LogP contribution in [0.3, 0.4) is 0 Å². The Hall–Kier alpha value is -3.16. The van der Waals surface area contributed by atoms with E-state index >= 15 is 4.39 Å². The van der Waals surface area contributed by atoms with Crippen molar-refractivity contribution in [1.29, 1.82) is 0 Å². The molecule has 0 saturated carbocycles. The van der Waals surface area contributed by atoms with Gasteiger partial charge in [-0.25, -0.2) is 18.9 Å². The highest BCUT2D eigenvalue weighted by Gasteiger charge is 2.54. The van der Waals surface area contributed by atoms with Crippen molar-refractivity contribution in [3.63, 3.8) is 0 Å². The minimum Gasteiger partial charge on any atom is -0.394 e. The van der Waals surface area contributed by atoms with E-state index in [1.807, 2.05) is 0 Å². The van der Waals surface area contributed by atoms with E-state index in [0.717, 1.165) is 6.33 Å². The number of imidazole rings is 2. The fourth-order valence-electron chi connectivity index (χ4n) is 4.96. The van der Waals surface area contributed by atoms with Crippen molar-refractivity contribution < 1.29 is 33.5 Å². The van der Waals surface area contributed by atoms with Crippen LogP contribution in [-0.4, -0.2) is 97.6 Å². The van der Waals surface area contributed by atoms with E-state index < -0.39 is 73.3 Å². The van der Waals surface area contributed by atoms with Gasteiger partial charge in [-0.05, 0) is 11.8 Å². The minimum absolute atomic E-state index is 0.0464. The number of fused-ring (bicyclic) bond motifs is 2. The van der Waals surface area contributed by atoms with Gasteiger partial charge in [-0.15, -0.1) is 0 Å². The summed E-state index contributed by atoms with van der Waals surface area (Å²) in [7, 11) is 0. The van der Waals surface area contributed by atoms with Crippen LogP contribution in [0.4, 0.5) is 10.3 Å². The number of hydrogen-bond donors (Lipinski definition) is 6. The lowest BCUT2D eigenvalue weighted by Crippen LogP contribution is -2.32. The van der Waals surface area contributed by atoms with Crippen LogP contribution in [-0.2, 0) is 25.8 Å². The van der Waals surface area contributed by atoms with E-state index in [2.05, 4.69) is 30.0 Å². The summed E-state index contributed by atoms with van der Waals surface area (Å²) in [5, 5.41) is 24.4. The summed E-state index contributed by atoms with van der Waals surface area (Å²) >= 11 is 5.36. The van der Waals surface area contributed by atoms with Crippen LogP contribution in [0.5, 0.6) is 0 Å². The van der Waals surface area contributed by atoms with Crippen LogP contribution in [0.2, 0.25) is 0 Å². The van der Waals surface area contributed by atoms with Gasteiger partial charge in [0.15, 0.2) is 23.9 Å². The molecule has 0 spiro atoms. The molecule has 8 atom stereocenters. The van der Waals surface area contributed by atoms with Crippen molar-refractivity contribution in [3.8, 4) is 0 Å². The Morgan fingerprint density at radius 1 is 1.25 bits per heavy atom. The molecule has 214 valence electrons. The zero-order valence-electron chi connectivity index (χ0n) is 20.3. The smallest absolute Gasteiger partial charge is 0.294 e. The molecule has 2 aliphatic heterocycles. The maximum atomic E-state index is 15.5. The highest BCUT2D eigenvalue weighted by Crippen LogP contribution is 2.58. The Labute approximate surface area is 226 Å². The number of aromatic amines is 2. The Bertz CT molecular complexity index is 1740. The van der Waals surface area contributed by atoms with Crippen molar-refractivity contribution in [3.05, 3.63) is 45.3 Å². The van der Waals surface area contributed by atoms with Crippen LogP contribution in [0, 0.1) is 0 Å². The lowest BCUT2D eigenvalue weighted by atomic mass is 10.1. The predicted molar refractivity (Wildman–Crippen MR) is 137 cm³/mol. The number of alkyl halides is 1. The average Bonchev–Trinajstić information content (AvgIpc) is 3.67. The summed E-state index contributed by atoms with van der Waals surface area (Å²) in [5.41, 5.74) is 3.36. The number of aliphatic hydroxyl groups excluding tert-OH is 2. The summed E-state index contributed by atoms with van der Waals surface area (Å²) in [6.45, 7) is -5.23. The number of rotatable bonds is 7. The number of halogens is 1. The number of hydrogen-bond acceptors (Lipinski definition) is 13. The second kappa shape index (κ2) is 10.0. The van der Waals surface area contributed by atoms with Crippen molar-refractivity contribution in [2.24, 2.45) is 0 Å². The maximum absolute atomic E-state index is 15.5. The molecule has 17 nitrogen and oxygen atoms in total. The van der Waals surface area contributed by atoms with E-state index in [1.165, 1.54) is 21.6 Å². The molecule has 6 rings (SSSR count). The summed E-state index contributed by atoms with van der Waals surface area (Å²) in [5.74, 6) is -0.225. The zero-order valence-corrected chi connectivity index (χ0v) is 22.0. The molecule has 7 N–H and O–H groups in total. The molecule has 6 heterocycles. The van der Waals surface area contributed by atoms with Crippen LogP contribution in [0.1, 0.15) is 24.4 Å². The number of nitrogens with one attached hydrogen (secondary N) is 2. The number of anilines is 1. The number of nitrogens with zero attached hydrogens (tertiary/aromatic N) is 6. The van der Waals surface area contributed by atoms with Gasteiger partial charge in [0.2, 0.25) is 11.6 Å². The van der Waals surface area contributed by atoms with Crippen molar-refractivity contribution >= 4 is 41.1 Å². The first kappa shape index (κ1) is 27.0. The Morgan fingerprint density at radius 2 is 2.05 bits per heavy atom. The van der Waals surface area contributed by atoms with E-state index in [4.69, 9.17) is 31.5 Å². The van der Waals surface area contributed by atoms with Gasteiger partial charge in [0.25, 0.3) is 11.1 Å². The first-order valence-corrected chi connectivity index (χ1v) is 14.7. The number of nitrogen functional groups attached to an aromatic ring is 1. The molecule has 20 heteroatoms. The highest BCUT2D eigenvalue weighted by atomic mass is 32.5. The molecule has 0 aromatic carbocycles. The second-order valence-electron chi connectivity index (χ2n) is 9.32.